The molecule has 1 aliphatic rings. The summed E-state index contributed by atoms with van der Waals surface area (Å²) < 4.78 is 8.42. The van der Waals surface area contributed by atoms with Gasteiger partial charge in [0.2, 0.25) is 0 Å². The molecule has 0 bridgehead atoms. The van der Waals surface area contributed by atoms with E-state index in [1.807, 2.05) is 0 Å². The van der Waals surface area contributed by atoms with Crippen molar-refractivity contribution in [1.82, 2.24) is 14.5 Å². The zero-order chi connectivity index (χ0) is 20.1. The quantitative estimate of drug-likeness (QED) is 0.498. The number of nitrogens with zero attached hydrogens (tertiary/aromatic N) is 3. The van der Waals surface area contributed by atoms with E-state index in [4.69, 9.17) is 9.72 Å². The van der Waals surface area contributed by atoms with Crippen LogP contribution in [0.4, 0.5) is 0 Å². The van der Waals surface area contributed by atoms with Crippen LogP contribution in [0.15, 0.2) is 42.5 Å². The Morgan fingerprint density at radius 1 is 0.931 bits per heavy atom. The van der Waals surface area contributed by atoms with E-state index in [1.54, 1.807) is 0 Å². The van der Waals surface area contributed by atoms with Crippen molar-refractivity contribution in [2.75, 3.05) is 19.7 Å². The molecule has 0 aliphatic carbocycles. The highest BCUT2D eigenvalue weighted by molar-refractivity contribution is 5.75. The second-order valence-electron chi connectivity index (χ2n) is 8.31. The number of imidazole rings is 1. The maximum absolute atomic E-state index is 6.01. The van der Waals surface area contributed by atoms with Crippen molar-refractivity contribution in [2.45, 2.75) is 59.0 Å². The van der Waals surface area contributed by atoms with Gasteiger partial charge < -0.3 is 9.30 Å². The van der Waals surface area contributed by atoms with Crippen molar-refractivity contribution < 1.29 is 4.74 Å². The fourth-order valence-corrected chi connectivity index (χ4v) is 4.21. The Hall–Kier alpha value is -2.33. The van der Waals surface area contributed by atoms with Gasteiger partial charge in [-0.15, -0.1) is 0 Å². The van der Waals surface area contributed by atoms with Crippen LogP contribution < -0.4 is 4.74 Å². The van der Waals surface area contributed by atoms with Crippen LogP contribution in [-0.2, 0) is 13.1 Å². The second-order valence-corrected chi connectivity index (χ2v) is 8.31. The van der Waals surface area contributed by atoms with E-state index in [0.717, 1.165) is 37.4 Å². The van der Waals surface area contributed by atoms with Gasteiger partial charge in [-0.25, -0.2) is 4.98 Å². The minimum atomic E-state index is 0.720. The fraction of sp³-hybridized carbons (Fsp3) is 0.480. The van der Waals surface area contributed by atoms with Crippen LogP contribution in [0.25, 0.3) is 11.0 Å². The number of likely N-dealkylation sites (tertiary alicyclic amines) is 1. The molecule has 0 atom stereocenters. The van der Waals surface area contributed by atoms with E-state index >= 15 is 0 Å². The summed E-state index contributed by atoms with van der Waals surface area (Å²) in [5.74, 6) is 2.16. The van der Waals surface area contributed by atoms with Gasteiger partial charge in [-0.05, 0) is 81.6 Å². The van der Waals surface area contributed by atoms with Gasteiger partial charge in [0.1, 0.15) is 11.6 Å². The molecule has 0 radical (unpaired) electrons. The predicted molar refractivity (Wildman–Crippen MR) is 120 cm³/mol. The number of ether oxygens (including phenoxy) is 1. The molecular weight excluding hydrogens is 358 g/mol. The van der Waals surface area contributed by atoms with E-state index in [-0.39, 0.29) is 0 Å². The Balaban J connectivity index is 1.43. The lowest BCUT2D eigenvalue weighted by molar-refractivity contribution is 0.263. The third kappa shape index (κ3) is 4.99. The van der Waals surface area contributed by atoms with Crippen LogP contribution in [0.3, 0.4) is 0 Å². The number of aryl methyl sites for hydroxylation is 3. The highest BCUT2D eigenvalue weighted by Gasteiger charge is 2.15. The number of aromatic nitrogens is 2. The molecule has 1 fully saturated rings. The minimum absolute atomic E-state index is 0.720. The Bertz CT molecular complexity index is 938. The van der Waals surface area contributed by atoms with E-state index in [1.165, 1.54) is 61.2 Å². The zero-order valence-corrected chi connectivity index (χ0v) is 17.9. The van der Waals surface area contributed by atoms with Crippen LogP contribution in [0, 0.1) is 13.8 Å². The van der Waals surface area contributed by atoms with Gasteiger partial charge in [-0.1, -0.05) is 31.0 Å². The Morgan fingerprint density at radius 2 is 1.72 bits per heavy atom. The summed E-state index contributed by atoms with van der Waals surface area (Å²) in [5.41, 5.74) is 4.93. The molecule has 2 heterocycles. The van der Waals surface area contributed by atoms with Gasteiger partial charge in [-0.3, -0.25) is 4.90 Å². The van der Waals surface area contributed by atoms with E-state index < -0.39 is 0 Å². The highest BCUT2D eigenvalue weighted by atomic mass is 16.5. The molecule has 1 aliphatic heterocycles. The highest BCUT2D eigenvalue weighted by Crippen LogP contribution is 2.20. The van der Waals surface area contributed by atoms with Gasteiger partial charge in [0.25, 0.3) is 0 Å². The monoisotopic (exact) mass is 391 g/mol. The number of hydrogen-bond acceptors (Lipinski definition) is 3. The number of rotatable bonds is 7. The lowest BCUT2D eigenvalue weighted by atomic mass is 10.1. The van der Waals surface area contributed by atoms with Crippen molar-refractivity contribution in [3.05, 3.63) is 59.4 Å². The molecule has 4 nitrogen and oxygen atoms in total. The number of hydrogen-bond donors (Lipinski definition) is 0. The first-order valence-corrected chi connectivity index (χ1v) is 11.1. The molecule has 0 spiro atoms. The molecule has 0 amide bonds. The van der Waals surface area contributed by atoms with Gasteiger partial charge in [-0.2, -0.15) is 0 Å². The van der Waals surface area contributed by atoms with Gasteiger partial charge in [0.15, 0.2) is 0 Å². The van der Waals surface area contributed by atoms with Crippen LogP contribution in [0.2, 0.25) is 0 Å². The first kappa shape index (κ1) is 20.0. The molecule has 1 aromatic heterocycles. The SMILES string of the molecule is Cc1ccc(OCCCn2c(CN3CCCCCC3)nc3ccccc32)cc1C. The summed E-state index contributed by atoms with van der Waals surface area (Å²) >= 11 is 0. The molecular formula is C25H33N3O. The van der Waals surface area contributed by atoms with E-state index in [0.29, 0.717) is 0 Å². The normalized spacial score (nSPS) is 15.5. The summed E-state index contributed by atoms with van der Waals surface area (Å²) in [6.45, 7) is 9.27. The third-order valence-electron chi connectivity index (χ3n) is 6.07. The van der Waals surface area contributed by atoms with Crippen LogP contribution >= 0.6 is 0 Å². The molecule has 1 saturated heterocycles. The van der Waals surface area contributed by atoms with Gasteiger partial charge in [0.05, 0.1) is 24.2 Å². The molecule has 154 valence electrons. The predicted octanol–water partition coefficient (Wildman–Crippen LogP) is 5.50. The lowest BCUT2D eigenvalue weighted by Gasteiger charge is -2.20. The summed E-state index contributed by atoms with van der Waals surface area (Å²) in [5, 5.41) is 0. The van der Waals surface area contributed by atoms with Crippen molar-refractivity contribution in [1.29, 1.82) is 0 Å². The number of benzene rings is 2. The molecule has 2 aromatic carbocycles. The van der Waals surface area contributed by atoms with Crippen molar-refractivity contribution in [2.24, 2.45) is 0 Å². The molecule has 29 heavy (non-hydrogen) atoms. The molecule has 0 unspecified atom stereocenters. The average Bonchev–Trinajstić information content (AvgIpc) is 2.88. The number of para-hydroxylation sites is 2. The molecule has 4 rings (SSSR count). The standard InChI is InChI=1S/C25H33N3O/c1-20-12-13-22(18-21(20)2)29-17-9-16-28-24-11-6-5-10-23(24)26-25(28)19-27-14-7-3-4-8-15-27/h5-6,10-13,18H,3-4,7-9,14-17,19H2,1-2H3. The fourth-order valence-electron chi connectivity index (χ4n) is 4.21. The van der Waals surface area contributed by atoms with Crippen LogP contribution in [-0.4, -0.2) is 34.1 Å². The summed E-state index contributed by atoms with van der Waals surface area (Å²) in [6, 6.07) is 14.8. The third-order valence-corrected chi connectivity index (χ3v) is 6.07. The van der Waals surface area contributed by atoms with E-state index in [9.17, 15) is 0 Å². The second kappa shape index (κ2) is 9.45. The van der Waals surface area contributed by atoms with E-state index in [2.05, 4.69) is 65.8 Å². The first-order chi connectivity index (χ1) is 14.2. The summed E-state index contributed by atoms with van der Waals surface area (Å²) in [4.78, 5) is 7.56. The molecule has 3 aromatic rings. The zero-order valence-electron chi connectivity index (χ0n) is 17.9. The minimum Gasteiger partial charge on any atom is -0.494 e. The summed E-state index contributed by atoms with van der Waals surface area (Å²) in [6.07, 6.45) is 6.32. The van der Waals surface area contributed by atoms with Gasteiger partial charge in [0, 0.05) is 6.54 Å². The maximum Gasteiger partial charge on any atom is 0.124 e. The maximum atomic E-state index is 6.01. The smallest absolute Gasteiger partial charge is 0.124 e. The molecule has 0 saturated carbocycles. The Kier molecular flexibility index (Phi) is 6.50. The molecule has 0 N–H and O–H groups in total. The van der Waals surface area contributed by atoms with Crippen LogP contribution in [0.1, 0.15) is 49.1 Å². The number of fused-ring (bicyclic) bond motifs is 1. The Morgan fingerprint density at radius 3 is 2.52 bits per heavy atom. The van der Waals surface area contributed by atoms with Crippen LogP contribution in [0.5, 0.6) is 5.75 Å². The first-order valence-electron chi connectivity index (χ1n) is 11.1. The van der Waals surface area contributed by atoms with Crippen molar-refractivity contribution in [3.8, 4) is 5.75 Å². The van der Waals surface area contributed by atoms with Crippen molar-refractivity contribution >= 4 is 11.0 Å². The average molecular weight is 392 g/mol. The van der Waals surface area contributed by atoms with Gasteiger partial charge >= 0.3 is 0 Å². The largest absolute Gasteiger partial charge is 0.494 e. The lowest BCUT2D eigenvalue weighted by Crippen LogP contribution is -2.26. The molecule has 4 heteroatoms. The summed E-state index contributed by atoms with van der Waals surface area (Å²) in [7, 11) is 0. The Labute approximate surface area is 174 Å². The topological polar surface area (TPSA) is 30.3 Å². The van der Waals surface area contributed by atoms with Crippen molar-refractivity contribution in [3.63, 3.8) is 0 Å².